The highest BCUT2D eigenvalue weighted by molar-refractivity contribution is 6.81. The molecule has 0 rings (SSSR count). The van der Waals surface area contributed by atoms with Gasteiger partial charge in [-0.15, -0.1) is 0 Å². The summed E-state index contributed by atoms with van der Waals surface area (Å²) in [5.41, 5.74) is -0.974. The second-order valence-corrected chi connectivity index (χ2v) is 17.3. The monoisotopic (exact) mass is 275 g/mol. The van der Waals surface area contributed by atoms with Crippen LogP contribution in [0.4, 0.5) is 0 Å². The molecule has 0 radical (unpaired) electrons. The van der Waals surface area contributed by atoms with Crippen LogP contribution in [-0.4, -0.2) is 27.6 Å². The van der Waals surface area contributed by atoms with E-state index in [1.165, 1.54) is 0 Å². The van der Waals surface area contributed by atoms with E-state index in [2.05, 4.69) is 39.3 Å². The summed E-state index contributed by atoms with van der Waals surface area (Å²) >= 11 is 0. The Bertz CT molecular complexity index is 300. The van der Waals surface area contributed by atoms with Gasteiger partial charge in [0.15, 0.2) is 8.32 Å². The lowest BCUT2D eigenvalue weighted by Crippen LogP contribution is -2.68. The SMILES string of the molecule is CC(C)(C(=O)[O-])C(C)(O[Si](C)(C)C)[Si](C)(C)C. The van der Waals surface area contributed by atoms with E-state index in [4.69, 9.17) is 4.43 Å². The van der Waals surface area contributed by atoms with Crippen LogP contribution in [0.3, 0.4) is 0 Å². The summed E-state index contributed by atoms with van der Waals surface area (Å²) in [6, 6.07) is 0. The quantitative estimate of drug-likeness (QED) is 0.723. The normalized spacial score (nSPS) is 17.7. The zero-order valence-corrected chi connectivity index (χ0v) is 14.7. The van der Waals surface area contributed by atoms with Crippen LogP contribution in [0.1, 0.15) is 20.8 Å². The minimum Gasteiger partial charge on any atom is -0.549 e. The highest BCUT2D eigenvalue weighted by Gasteiger charge is 2.53. The number of rotatable bonds is 5. The van der Waals surface area contributed by atoms with Gasteiger partial charge in [-0.1, -0.05) is 33.5 Å². The molecule has 0 spiro atoms. The second kappa shape index (κ2) is 4.51. The first-order chi connectivity index (χ1) is 7.15. The van der Waals surface area contributed by atoms with Gasteiger partial charge in [-0.05, 0) is 26.6 Å². The molecule has 0 fully saturated rings. The smallest absolute Gasteiger partial charge is 0.184 e. The van der Waals surface area contributed by atoms with Crippen LogP contribution < -0.4 is 5.11 Å². The number of hydrogen-bond donors (Lipinski definition) is 0. The molecule has 3 nitrogen and oxygen atoms in total. The van der Waals surface area contributed by atoms with Crippen molar-refractivity contribution in [2.24, 2.45) is 5.41 Å². The van der Waals surface area contributed by atoms with Crippen LogP contribution in [-0.2, 0) is 9.22 Å². The van der Waals surface area contributed by atoms with Crippen LogP contribution in [0.5, 0.6) is 0 Å². The maximum Gasteiger partial charge on any atom is 0.184 e. The summed E-state index contributed by atoms with van der Waals surface area (Å²) in [6.45, 7) is 18.1. The van der Waals surface area contributed by atoms with Crippen molar-refractivity contribution in [1.29, 1.82) is 0 Å². The molecule has 0 heterocycles. The lowest BCUT2D eigenvalue weighted by atomic mass is 9.87. The third kappa shape index (κ3) is 3.42. The van der Waals surface area contributed by atoms with Crippen molar-refractivity contribution in [1.82, 2.24) is 0 Å². The summed E-state index contributed by atoms with van der Waals surface area (Å²) in [7, 11) is -3.64. The third-order valence-corrected chi connectivity index (χ3v) is 8.46. The van der Waals surface area contributed by atoms with E-state index in [0.717, 1.165) is 0 Å². The number of carbonyl (C=O) groups excluding carboxylic acids is 1. The molecule has 0 aromatic carbocycles. The largest absolute Gasteiger partial charge is 0.549 e. The number of carbonyl (C=O) groups is 1. The van der Waals surface area contributed by atoms with Gasteiger partial charge in [0.05, 0.1) is 13.3 Å². The number of aliphatic carboxylic acids is 1. The maximum absolute atomic E-state index is 11.4. The lowest BCUT2D eigenvalue weighted by Gasteiger charge is -2.54. The minimum atomic E-state index is -1.83. The molecule has 0 N–H and O–H groups in total. The third-order valence-electron chi connectivity index (χ3n) is 3.64. The predicted molar refractivity (Wildman–Crippen MR) is 75.0 cm³/mol. The van der Waals surface area contributed by atoms with E-state index < -0.39 is 33.0 Å². The highest BCUT2D eigenvalue weighted by atomic mass is 28.4. The van der Waals surface area contributed by atoms with Crippen molar-refractivity contribution in [3.63, 3.8) is 0 Å². The average molecular weight is 276 g/mol. The molecule has 1 unspecified atom stereocenters. The Labute approximate surface area is 108 Å². The standard InChI is InChI=1S/C12H28O3Si2/c1-11(2,10(13)14)12(3,16(4,5)6)15-17(7,8)9/h1-9H3,(H,13,14)/p-1. The van der Waals surface area contributed by atoms with Gasteiger partial charge in [-0.25, -0.2) is 0 Å². The Morgan fingerprint density at radius 2 is 1.35 bits per heavy atom. The summed E-state index contributed by atoms with van der Waals surface area (Å²) in [5, 5.41) is 10.8. The van der Waals surface area contributed by atoms with E-state index in [9.17, 15) is 9.90 Å². The summed E-state index contributed by atoms with van der Waals surface area (Å²) in [4.78, 5) is 11.4. The van der Waals surface area contributed by atoms with Crippen molar-refractivity contribution < 1.29 is 14.3 Å². The Balaban J connectivity index is 5.66. The summed E-state index contributed by atoms with van der Waals surface area (Å²) < 4.78 is 6.30. The number of carboxylic acids is 1. The zero-order valence-electron chi connectivity index (χ0n) is 12.7. The zero-order chi connectivity index (χ0) is 14.3. The molecule has 102 valence electrons. The fraction of sp³-hybridized carbons (Fsp3) is 0.917. The molecule has 0 aliphatic carbocycles. The van der Waals surface area contributed by atoms with Crippen LogP contribution in [0, 0.1) is 5.41 Å². The lowest BCUT2D eigenvalue weighted by molar-refractivity contribution is -0.322. The van der Waals surface area contributed by atoms with Gasteiger partial charge in [0.25, 0.3) is 0 Å². The minimum absolute atomic E-state index is 0.622. The Morgan fingerprint density at radius 3 is 1.53 bits per heavy atom. The van der Waals surface area contributed by atoms with Gasteiger partial charge in [-0.2, -0.15) is 0 Å². The van der Waals surface area contributed by atoms with Gasteiger partial charge in [0.2, 0.25) is 0 Å². The van der Waals surface area contributed by atoms with E-state index in [1.54, 1.807) is 13.8 Å². The van der Waals surface area contributed by atoms with Crippen LogP contribution >= 0.6 is 0 Å². The first-order valence-corrected chi connectivity index (χ1v) is 13.0. The molecule has 1 atom stereocenters. The summed E-state index contributed by atoms with van der Waals surface area (Å²) in [5.74, 6) is -1.03. The molecule has 0 aliphatic rings. The van der Waals surface area contributed by atoms with Crippen molar-refractivity contribution >= 4 is 22.4 Å². The van der Waals surface area contributed by atoms with Gasteiger partial charge in [-0.3, -0.25) is 0 Å². The molecule has 0 amide bonds. The molecule has 0 bridgehead atoms. The Kier molecular flexibility index (Phi) is 4.48. The van der Waals surface area contributed by atoms with E-state index >= 15 is 0 Å². The Morgan fingerprint density at radius 1 is 1.00 bits per heavy atom. The van der Waals surface area contributed by atoms with Crippen molar-refractivity contribution in [3.05, 3.63) is 0 Å². The van der Waals surface area contributed by atoms with Crippen LogP contribution in [0.25, 0.3) is 0 Å². The molecule has 5 heteroatoms. The van der Waals surface area contributed by atoms with Gasteiger partial charge < -0.3 is 14.3 Å². The van der Waals surface area contributed by atoms with Crippen molar-refractivity contribution in [2.75, 3.05) is 0 Å². The van der Waals surface area contributed by atoms with Crippen molar-refractivity contribution in [2.45, 2.75) is 65.3 Å². The fourth-order valence-electron chi connectivity index (χ4n) is 2.03. The van der Waals surface area contributed by atoms with Crippen LogP contribution in [0.15, 0.2) is 0 Å². The number of hydrogen-bond acceptors (Lipinski definition) is 3. The first-order valence-electron chi connectivity index (χ1n) is 6.07. The Hall–Kier alpha value is -0.136. The van der Waals surface area contributed by atoms with Crippen LogP contribution in [0.2, 0.25) is 39.3 Å². The molecule has 0 aromatic rings. The molecule has 0 aliphatic heterocycles. The first kappa shape index (κ1) is 16.9. The van der Waals surface area contributed by atoms with Gasteiger partial charge in [0, 0.05) is 11.4 Å². The molecule has 17 heavy (non-hydrogen) atoms. The summed E-state index contributed by atoms with van der Waals surface area (Å²) in [6.07, 6.45) is 0. The number of carboxylic acid groups (broad SMARTS) is 1. The fourth-order valence-corrected chi connectivity index (χ4v) is 7.63. The molecule has 0 saturated carbocycles. The predicted octanol–water partition coefficient (Wildman–Crippen LogP) is 2.25. The van der Waals surface area contributed by atoms with E-state index in [0.29, 0.717) is 0 Å². The van der Waals surface area contributed by atoms with Crippen molar-refractivity contribution in [3.8, 4) is 0 Å². The van der Waals surface area contributed by atoms with Gasteiger partial charge in [0.1, 0.15) is 0 Å². The van der Waals surface area contributed by atoms with E-state index in [1.807, 2.05) is 6.92 Å². The second-order valence-electron chi connectivity index (χ2n) is 7.41. The topological polar surface area (TPSA) is 49.4 Å². The average Bonchev–Trinajstić information content (AvgIpc) is 1.97. The maximum atomic E-state index is 11.4. The van der Waals surface area contributed by atoms with Gasteiger partial charge >= 0.3 is 0 Å². The van der Waals surface area contributed by atoms with E-state index in [-0.39, 0.29) is 0 Å². The molecular formula is C12H27O3Si2-. The highest BCUT2D eigenvalue weighted by Crippen LogP contribution is 2.42. The molecule has 0 saturated heterocycles. The molecule has 0 aromatic heterocycles. The molecular weight excluding hydrogens is 248 g/mol.